The Hall–Kier alpha value is -3.73. The van der Waals surface area contributed by atoms with Crippen molar-refractivity contribution in [1.82, 2.24) is 0 Å². The molecular weight excluding hydrogens is 416 g/mol. The highest BCUT2D eigenvalue weighted by molar-refractivity contribution is 6.03. The monoisotopic (exact) mass is 442 g/mol. The van der Waals surface area contributed by atoms with Gasteiger partial charge in [-0.3, -0.25) is 9.59 Å². The van der Waals surface area contributed by atoms with Crippen molar-refractivity contribution in [1.29, 1.82) is 0 Å². The van der Waals surface area contributed by atoms with E-state index in [-0.39, 0.29) is 30.6 Å². The van der Waals surface area contributed by atoms with Crippen LogP contribution in [0.25, 0.3) is 0 Å². The molecule has 1 aliphatic carbocycles. The second-order valence-corrected chi connectivity index (χ2v) is 8.08. The van der Waals surface area contributed by atoms with E-state index in [1.54, 1.807) is 31.2 Å². The number of benzene rings is 3. The van der Waals surface area contributed by atoms with Crippen LogP contribution in [0.3, 0.4) is 0 Å². The summed E-state index contributed by atoms with van der Waals surface area (Å²) in [5.74, 6) is -3.08. The van der Waals surface area contributed by atoms with E-state index >= 15 is 0 Å². The first-order valence-corrected chi connectivity index (χ1v) is 11.1. The van der Waals surface area contributed by atoms with Crippen LogP contribution in [-0.4, -0.2) is 24.3 Å². The average molecular weight is 443 g/mol. The highest BCUT2D eigenvalue weighted by Gasteiger charge is 2.49. The molecule has 5 heteroatoms. The Balaban J connectivity index is 1.68. The van der Waals surface area contributed by atoms with Crippen LogP contribution in [0.2, 0.25) is 0 Å². The van der Waals surface area contributed by atoms with Gasteiger partial charge in [-0.15, -0.1) is 0 Å². The molecule has 0 aliphatic heterocycles. The molecule has 33 heavy (non-hydrogen) atoms. The number of hydrogen-bond acceptors (Lipinski definition) is 5. The molecular formula is C28H26O5. The predicted molar refractivity (Wildman–Crippen MR) is 123 cm³/mol. The molecule has 0 saturated heterocycles. The maximum atomic E-state index is 13.5. The van der Waals surface area contributed by atoms with E-state index in [1.807, 2.05) is 66.7 Å². The van der Waals surface area contributed by atoms with Gasteiger partial charge in [0.05, 0.1) is 6.61 Å². The Kier molecular flexibility index (Phi) is 6.98. The van der Waals surface area contributed by atoms with Crippen LogP contribution in [0, 0.1) is 5.92 Å². The molecule has 0 bridgehead atoms. The number of esters is 2. The third-order valence-corrected chi connectivity index (χ3v) is 6.06. The molecule has 1 fully saturated rings. The Morgan fingerprint density at radius 1 is 0.848 bits per heavy atom. The molecule has 4 atom stereocenters. The van der Waals surface area contributed by atoms with Crippen molar-refractivity contribution in [2.24, 2.45) is 5.92 Å². The lowest BCUT2D eigenvalue weighted by atomic mass is 9.80. The van der Waals surface area contributed by atoms with Crippen molar-refractivity contribution in [3.8, 4) is 0 Å². The summed E-state index contributed by atoms with van der Waals surface area (Å²) in [6.45, 7) is 1.85. The summed E-state index contributed by atoms with van der Waals surface area (Å²) in [6.07, 6.45) is -0.989. The molecule has 5 nitrogen and oxygen atoms in total. The molecule has 0 aromatic heterocycles. The Morgan fingerprint density at radius 3 is 1.97 bits per heavy atom. The third kappa shape index (κ3) is 4.87. The van der Waals surface area contributed by atoms with E-state index < -0.39 is 24.0 Å². The summed E-state index contributed by atoms with van der Waals surface area (Å²) in [6, 6.07) is 28.0. The second kappa shape index (κ2) is 10.3. The Labute approximate surface area is 193 Å². The maximum absolute atomic E-state index is 13.5. The molecule has 0 heterocycles. The SMILES string of the molecule is CCOC(=O)[C@@H](OC(=O)[C@@H]1C(=O)C[C@H](c2ccccc2)[C@H]1c1ccccc1)c1ccccc1. The molecule has 0 radical (unpaired) electrons. The van der Waals surface area contributed by atoms with Gasteiger partial charge in [-0.1, -0.05) is 91.0 Å². The van der Waals surface area contributed by atoms with Gasteiger partial charge in [0.1, 0.15) is 11.7 Å². The lowest BCUT2D eigenvalue weighted by Crippen LogP contribution is -2.31. The molecule has 3 aromatic rings. The number of rotatable bonds is 7. The van der Waals surface area contributed by atoms with E-state index in [2.05, 4.69) is 0 Å². The molecule has 1 saturated carbocycles. The lowest BCUT2D eigenvalue weighted by Gasteiger charge is -2.25. The van der Waals surface area contributed by atoms with E-state index in [0.717, 1.165) is 11.1 Å². The zero-order chi connectivity index (χ0) is 23.2. The average Bonchev–Trinajstić information content (AvgIpc) is 3.21. The Bertz CT molecular complexity index is 1090. The first-order chi connectivity index (χ1) is 16.1. The number of ether oxygens (including phenoxy) is 2. The topological polar surface area (TPSA) is 69.7 Å². The highest BCUT2D eigenvalue weighted by Crippen LogP contribution is 2.48. The minimum atomic E-state index is -1.22. The fourth-order valence-electron chi connectivity index (χ4n) is 4.59. The quantitative estimate of drug-likeness (QED) is 0.381. The molecule has 1 aliphatic rings. The van der Waals surface area contributed by atoms with Crippen molar-refractivity contribution in [3.05, 3.63) is 108 Å². The fraction of sp³-hybridized carbons (Fsp3) is 0.250. The van der Waals surface area contributed by atoms with Gasteiger partial charge in [0.15, 0.2) is 0 Å². The highest BCUT2D eigenvalue weighted by atomic mass is 16.6. The number of hydrogen-bond donors (Lipinski definition) is 0. The first kappa shape index (κ1) is 22.5. The van der Waals surface area contributed by atoms with Crippen LogP contribution >= 0.6 is 0 Å². The molecule has 3 aromatic carbocycles. The van der Waals surface area contributed by atoms with Gasteiger partial charge >= 0.3 is 11.9 Å². The van der Waals surface area contributed by atoms with Gasteiger partial charge in [-0.25, -0.2) is 4.79 Å². The standard InChI is InChI=1S/C28H26O5/c1-2-32-28(31)26(21-16-10-5-11-17-21)33-27(30)25-23(29)18-22(19-12-6-3-7-13-19)24(25)20-14-8-4-9-15-20/h3-17,22,24-26H,2,18H2,1H3/t22-,24-,25-,26+/m1/s1. The smallest absolute Gasteiger partial charge is 0.352 e. The minimum absolute atomic E-state index is 0.156. The molecule has 4 rings (SSSR count). The Morgan fingerprint density at radius 2 is 1.39 bits per heavy atom. The molecule has 0 unspecified atom stereocenters. The van der Waals surface area contributed by atoms with Crippen molar-refractivity contribution in [2.45, 2.75) is 31.3 Å². The number of carbonyl (C=O) groups is 3. The van der Waals surface area contributed by atoms with Crippen LogP contribution in [0.5, 0.6) is 0 Å². The zero-order valence-electron chi connectivity index (χ0n) is 18.4. The van der Waals surface area contributed by atoms with Gasteiger partial charge in [0.25, 0.3) is 0 Å². The van der Waals surface area contributed by atoms with Gasteiger partial charge < -0.3 is 9.47 Å². The summed E-state index contributed by atoms with van der Waals surface area (Å²) < 4.78 is 10.9. The number of carbonyl (C=O) groups excluding carboxylic acids is 3. The van der Waals surface area contributed by atoms with E-state index in [1.165, 1.54) is 0 Å². The van der Waals surface area contributed by atoms with Crippen molar-refractivity contribution >= 4 is 17.7 Å². The largest absolute Gasteiger partial charge is 0.463 e. The summed E-state index contributed by atoms with van der Waals surface area (Å²) >= 11 is 0. The van der Waals surface area contributed by atoms with Crippen LogP contribution in [-0.2, 0) is 23.9 Å². The summed E-state index contributed by atoms with van der Waals surface area (Å²) in [7, 11) is 0. The van der Waals surface area contributed by atoms with Gasteiger partial charge in [0, 0.05) is 17.9 Å². The van der Waals surface area contributed by atoms with Gasteiger partial charge in [0.2, 0.25) is 6.10 Å². The molecule has 0 amide bonds. The lowest BCUT2D eigenvalue weighted by molar-refractivity contribution is -0.171. The van der Waals surface area contributed by atoms with Crippen molar-refractivity contribution in [2.75, 3.05) is 6.61 Å². The van der Waals surface area contributed by atoms with E-state index in [0.29, 0.717) is 5.56 Å². The molecule has 168 valence electrons. The first-order valence-electron chi connectivity index (χ1n) is 11.1. The van der Waals surface area contributed by atoms with E-state index in [9.17, 15) is 14.4 Å². The van der Waals surface area contributed by atoms with Crippen LogP contribution in [0.4, 0.5) is 0 Å². The summed E-state index contributed by atoms with van der Waals surface area (Å²) in [5, 5.41) is 0. The molecule has 0 spiro atoms. The predicted octanol–water partition coefficient (Wildman–Crippen LogP) is 4.99. The second-order valence-electron chi connectivity index (χ2n) is 8.08. The van der Waals surface area contributed by atoms with E-state index in [4.69, 9.17) is 9.47 Å². The van der Waals surface area contributed by atoms with Crippen molar-refractivity contribution in [3.63, 3.8) is 0 Å². The van der Waals surface area contributed by atoms with Crippen LogP contribution in [0.15, 0.2) is 91.0 Å². The normalized spacial score (nSPS) is 20.8. The third-order valence-electron chi connectivity index (χ3n) is 6.06. The number of ketones is 1. The zero-order valence-corrected chi connectivity index (χ0v) is 18.4. The van der Waals surface area contributed by atoms with Gasteiger partial charge in [-0.2, -0.15) is 0 Å². The fourth-order valence-corrected chi connectivity index (χ4v) is 4.59. The molecule has 0 N–H and O–H groups in total. The van der Waals surface area contributed by atoms with Crippen molar-refractivity contribution < 1.29 is 23.9 Å². The minimum Gasteiger partial charge on any atom is -0.463 e. The summed E-state index contributed by atoms with van der Waals surface area (Å²) in [4.78, 5) is 39.3. The van der Waals surface area contributed by atoms with Crippen LogP contribution in [0.1, 0.15) is 48.0 Å². The number of Topliss-reactive ketones (excluding diaryl/α,β-unsaturated/α-hetero) is 1. The van der Waals surface area contributed by atoms with Crippen LogP contribution < -0.4 is 0 Å². The van der Waals surface area contributed by atoms with Gasteiger partial charge in [-0.05, 0) is 24.0 Å². The summed E-state index contributed by atoms with van der Waals surface area (Å²) in [5.41, 5.74) is 2.40. The maximum Gasteiger partial charge on any atom is 0.352 e.